The monoisotopic (exact) mass is 386 g/mol. The Kier molecular flexibility index (Phi) is 4.59. The Balaban J connectivity index is 1.49. The third-order valence-corrected chi connectivity index (χ3v) is 6.00. The molecule has 0 saturated heterocycles. The van der Waals surface area contributed by atoms with Crippen LogP contribution in [0, 0.1) is 19.8 Å². The molecule has 4 rings (SSSR count). The third-order valence-electron chi connectivity index (χ3n) is 5.24. The fourth-order valence-corrected chi connectivity index (χ4v) is 4.08. The lowest BCUT2D eigenvalue weighted by atomic mass is 10.0. The summed E-state index contributed by atoms with van der Waals surface area (Å²) in [5.74, 6) is 0.463. The van der Waals surface area contributed by atoms with Crippen molar-refractivity contribution in [3.63, 3.8) is 0 Å². The second kappa shape index (κ2) is 6.92. The molecular weight excluding hydrogens is 364 g/mol. The van der Waals surface area contributed by atoms with E-state index in [0.717, 1.165) is 35.4 Å². The maximum Gasteiger partial charge on any atom is 0.407 e. The molecule has 8 heteroatoms. The minimum atomic E-state index is -0.840. The molecule has 7 nitrogen and oxygen atoms in total. The number of carbonyl (C=O) groups excluding carboxylic acids is 1. The number of anilines is 1. The van der Waals surface area contributed by atoms with Crippen molar-refractivity contribution in [2.45, 2.75) is 45.1 Å². The van der Waals surface area contributed by atoms with Crippen LogP contribution in [0.25, 0.3) is 0 Å². The van der Waals surface area contributed by atoms with Gasteiger partial charge in [0.1, 0.15) is 5.01 Å². The molecule has 1 heterocycles. The molecule has 2 aliphatic carbocycles. The molecule has 0 spiro atoms. The molecule has 0 aliphatic heterocycles. The minimum Gasteiger partial charge on any atom is -0.465 e. The first kappa shape index (κ1) is 17.9. The number of benzene rings is 1. The van der Waals surface area contributed by atoms with Crippen molar-refractivity contribution in [3.05, 3.63) is 39.9 Å². The number of nitrogens with zero attached hydrogens (tertiary/aromatic N) is 3. The summed E-state index contributed by atoms with van der Waals surface area (Å²) in [6, 6.07) is 5.63. The summed E-state index contributed by atoms with van der Waals surface area (Å²) in [7, 11) is 0. The molecule has 1 aromatic heterocycles. The molecule has 27 heavy (non-hydrogen) atoms. The van der Waals surface area contributed by atoms with Gasteiger partial charge in [-0.2, -0.15) is 0 Å². The molecule has 2 fully saturated rings. The van der Waals surface area contributed by atoms with E-state index >= 15 is 0 Å². The highest BCUT2D eigenvalue weighted by Crippen LogP contribution is 2.47. The van der Waals surface area contributed by atoms with Gasteiger partial charge in [-0.1, -0.05) is 17.4 Å². The van der Waals surface area contributed by atoms with Gasteiger partial charge in [0.2, 0.25) is 5.13 Å². The predicted octanol–water partition coefficient (Wildman–Crippen LogP) is 3.65. The van der Waals surface area contributed by atoms with Crippen LogP contribution in [0.15, 0.2) is 18.2 Å². The van der Waals surface area contributed by atoms with E-state index in [2.05, 4.69) is 15.5 Å². The van der Waals surface area contributed by atoms with Crippen molar-refractivity contribution in [3.8, 4) is 0 Å². The number of hydrogen-bond donors (Lipinski definition) is 2. The van der Waals surface area contributed by atoms with E-state index in [1.165, 1.54) is 11.3 Å². The summed E-state index contributed by atoms with van der Waals surface area (Å²) in [6.45, 7) is 4.47. The van der Waals surface area contributed by atoms with E-state index < -0.39 is 6.09 Å². The van der Waals surface area contributed by atoms with Gasteiger partial charge in [0.15, 0.2) is 0 Å². The Morgan fingerprint density at radius 3 is 2.70 bits per heavy atom. The van der Waals surface area contributed by atoms with Crippen molar-refractivity contribution >= 4 is 28.5 Å². The zero-order valence-electron chi connectivity index (χ0n) is 15.3. The number of hydrogen-bond acceptors (Lipinski definition) is 5. The number of aromatic nitrogens is 2. The van der Waals surface area contributed by atoms with Crippen molar-refractivity contribution in [1.29, 1.82) is 0 Å². The summed E-state index contributed by atoms with van der Waals surface area (Å²) in [5, 5.41) is 21.4. The second-order valence-electron chi connectivity index (χ2n) is 7.44. The largest absolute Gasteiger partial charge is 0.465 e. The molecule has 2 aliphatic rings. The van der Waals surface area contributed by atoms with E-state index in [4.69, 9.17) is 0 Å². The van der Waals surface area contributed by atoms with Crippen LogP contribution < -0.4 is 5.32 Å². The maximum atomic E-state index is 12.5. The average Bonchev–Trinajstić information content (AvgIpc) is 3.53. The number of nitrogens with one attached hydrogen (secondary N) is 1. The molecule has 2 atom stereocenters. The van der Waals surface area contributed by atoms with Gasteiger partial charge in [-0.3, -0.25) is 10.1 Å². The predicted molar refractivity (Wildman–Crippen MR) is 102 cm³/mol. The van der Waals surface area contributed by atoms with Crippen LogP contribution in [0.2, 0.25) is 0 Å². The Bertz CT molecular complexity index is 893. The van der Waals surface area contributed by atoms with Crippen molar-refractivity contribution < 1.29 is 14.7 Å². The van der Waals surface area contributed by atoms with Crippen LogP contribution >= 0.6 is 11.3 Å². The Morgan fingerprint density at radius 2 is 2.07 bits per heavy atom. The summed E-state index contributed by atoms with van der Waals surface area (Å²) in [5.41, 5.74) is 2.70. The van der Waals surface area contributed by atoms with E-state index in [1.807, 2.05) is 26.0 Å². The molecule has 2 amide bonds. The first-order valence-electron chi connectivity index (χ1n) is 9.14. The summed E-state index contributed by atoms with van der Waals surface area (Å²) in [6.07, 6.45) is 2.23. The summed E-state index contributed by atoms with van der Waals surface area (Å²) in [4.78, 5) is 25.8. The highest BCUT2D eigenvalue weighted by Gasteiger charge is 2.47. The third kappa shape index (κ3) is 3.95. The van der Waals surface area contributed by atoms with Crippen molar-refractivity contribution in [2.75, 3.05) is 11.9 Å². The Morgan fingerprint density at radius 1 is 1.30 bits per heavy atom. The fourth-order valence-electron chi connectivity index (χ4n) is 3.49. The minimum absolute atomic E-state index is 0.0194. The molecule has 2 aromatic rings. The van der Waals surface area contributed by atoms with Gasteiger partial charge in [0.25, 0.3) is 5.91 Å². The topological polar surface area (TPSA) is 95.4 Å². The van der Waals surface area contributed by atoms with Gasteiger partial charge in [0.05, 0.1) is 0 Å². The van der Waals surface area contributed by atoms with Crippen LogP contribution in [0.3, 0.4) is 0 Å². The first-order valence-corrected chi connectivity index (χ1v) is 9.95. The zero-order valence-corrected chi connectivity index (χ0v) is 16.1. The Labute approximate surface area is 161 Å². The van der Waals surface area contributed by atoms with Gasteiger partial charge in [0, 0.05) is 24.1 Å². The Hall–Kier alpha value is -2.48. The normalized spacial score (nSPS) is 21.0. The molecule has 2 saturated carbocycles. The van der Waals surface area contributed by atoms with Gasteiger partial charge >= 0.3 is 6.09 Å². The second-order valence-corrected chi connectivity index (χ2v) is 8.62. The molecule has 2 unspecified atom stereocenters. The molecule has 142 valence electrons. The molecule has 0 radical (unpaired) electrons. The molecular formula is C19H22N4O3S. The van der Waals surface area contributed by atoms with Gasteiger partial charge in [-0.25, -0.2) is 4.79 Å². The number of aryl methyl sites for hydroxylation is 2. The molecule has 0 bridgehead atoms. The van der Waals surface area contributed by atoms with Crippen LogP contribution in [0.5, 0.6) is 0 Å². The maximum absolute atomic E-state index is 12.5. The van der Waals surface area contributed by atoms with Crippen molar-refractivity contribution in [2.24, 2.45) is 5.92 Å². The van der Waals surface area contributed by atoms with E-state index in [1.54, 1.807) is 11.0 Å². The average molecular weight is 386 g/mol. The zero-order chi connectivity index (χ0) is 19.1. The number of carbonyl (C=O) groups is 2. The lowest BCUT2D eigenvalue weighted by Crippen LogP contribution is -2.34. The number of carboxylic acid groups (broad SMARTS) is 1. The van der Waals surface area contributed by atoms with E-state index in [-0.39, 0.29) is 17.9 Å². The van der Waals surface area contributed by atoms with Crippen LogP contribution in [-0.2, 0) is 0 Å². The number of rotatable bonds is 6. The number of amides is 2. The molecule has 1 aromatic carbocycles. The van der Waals surface area contributed by atoms with E-state index in [0.29, 0.717) is 23.2 Å². The molecule has 2 N–H and O–H groups in total. The van der Waals surface area contributed by atoms with Crippen LogP contribution in [-0.4, -0.2) is 44.8 Å². The quantitative estimate of drug-likeness (QED) is 0.790. The SMILES string of the molecule is Cc1nnc(NC(=O)c2ccc(C)c(C3CC3N(CC3CC3)C(=O)O)c2)s1. The summed E-state index contributed by atoms with van der Waals surface area (Å²) < 4.78 is 0. The summed E-state index contributed by atoms with van der Waals surface area (Å²) >= 11 is 1.33. The first-order chi connectivity index (χ1) is 12.9. The van der Waals surface area contributed by atoms with Crippen molar-refractivity contribution in [1.82, 2.24) is 15.1 Å². The van der Waals surface area contributed by atoms with Gasteiger partial charge in [-0.15, -0.1) is 10.2 Å². The van der Waals surface area contributed by atoms with Gasteiger partial charge < -0.3 is 10.0 Å². The lowest BCUT2D eigenvalue weighted by Gasteiger charge is -2.19. The van der Waals surface area contributed by atoms with E-state index in [9.17, 15) is 14.7 Å². The highest BCUT2D eigenvalue weighted by molar-refractivity contribution is 7.15. The van der Waals surface area contributed by atoms with Gasteiger partial charge in [-0.05, 0) is 62.3 Å². The lowest BCUT2D eigenvalue weighted by molar-refractivity contribution is 0.102. The fraction of sp³-hybridized carbons (Fsp3) is 0.474. The van der Waals surface area contributed by atoms with Crippen LogP contribution in [0.4, 0.5) is 9.93 Å². The van der Waals surface area contributed by atoms with Crippen LogP contribution in [0.1, 0.15) is 51.7 Å². The highest BCUT2D eigenvalue weighted by atomic mass is 32.1. The smallest absolute Gasteiger partial charge is 0.407 e. The standard InChI is InChI=1S/C19H22N4O3S/c1-10-3-6-13(17(24)20-18-22-21-11(2)27-18)7-14(10)15-8-16(15)23(19(25)26)9-12-4-5-12/h3,6-7,12,15-16H,4-5,8-9H2,1-2H3,(H,25,26)(H,20,22,24).